The van der Waals surface area contributed by atoms with Gasteiger partial charge in [-0.3, -0.25) is 19.5 Å². The second kappa shape index (κ2) is 6.18. The number of nitro benzene ring substituents is 1. The molecule has 2 aromatic carbocycles. The Morgan fingerprint density at radius 3 is 2.75 bits per heavy atom. The summed E-state index contributed by atoms with van der Waals surface area (Å²) in [5.74, 6) is -0.777. The molecule has 0 spiro atoms. The highest BCUT2D eigenvalue weighted by atomic mass is 35.5. The highest BCUT2D eigenvalue weighted by Gasteiger charge is 2.19. The fraction of sp³-hybridized carbons (Fsp3) is 0.0667. The minimum absolute atomic E-state index is 0.147. The van der Waals surface area contributed by atoms with Crippen molar-refractivity contribution in [2.24, 2.45) is 0 Å². The molecule has 0 amide bonds. The summed E-state index contributed by atoms with van der Waals surface area (Å²) in [4.78, 5) is 27.0. The van der Waals surface area contributed by atoms with E-state index in [2.05, 4.69) is 4.98 Å². The van der Waals surface area contributed by atoms with E-state index in [1.807, 2.05) is 0 Å². The SMILES string of the molecule is O=c1c2cc(Cl)cc(Cl)c2ncn1Cc1c(F)cccc1[N+](=O)[O-]. The average molecular weight is 368 g/mol. The summed E-state index contributed by atoms with van der Waals surface area (Å²) in [5, 5.41) is 11.7. The van der Waals surface area contributed by atoms with Crippen LogP contribution in [-0.4, -0.2) is 14.5 Å². The molecule has 9 heteroatoms. The Labute approximate surface area is 144 Å². The van der Waals surface area contributed by atoms with Crippen molar-refractivity contribution in [3.05, 3.63) is 78.6 Å². The van der Waals surface area contributed by atoms with Crippen molar-refractivity contribution in [1.29, 1.82) is 0 Å². The average Bonchev–Trinajstić information content (AvgIpc) is 2.51. The van der Waals surface area contributed by atoms with E-state index in [-0.39, 0.29) is 33.1 Å². The molecular formula is C15H8Cl2FN3O3. The second-order valence-corrected chi connectivity index (χ2v) is 5.80. The zero-order chi connectivity index (χ0) is 17.4. The van der Waals surface area contributed by atoms with E-state index in [0.29, 0.717) is 0 Å². The second-order valence-electron chi connectivity index (χ2n) is 4.96. The van der Waals surface area contributed by atoms with E-state index in [0.717, 1.165) is 10.6 Å². The molecule has 3 aromatic rings. The van der Waals surface area contributed by atoms with Gasteiger partial charge in [0.05, 0.1) is 39.3 Å². The van der Waals surface area contributed by atoms with Crippen LogP contribution < -0.4 is 5.56 Å². The lowest BCUT2D eigenvalue weighted by Crippen LogP contribution is -2.22. The molecule has 6 nitrogen and oxygen atoms in total. The molecule has 1 heterocycles. The standard InChI is InChI=1S/C15H8Cl2FN3O3/c16-8-4-9-14(11(17)5-8)19-7-20(15(9)22)6-10-12(18)2-1-3-13(10)21(23)24/h1-5,7H,6H2. The first-order valence-electron chi connectivity index (χ1n) is 6.64. The zero-order valence-corrected chi connectivity index (χ0v) is 13.4. The summed E-state index contributed by atoms with van der Waals surface area (Å²) in [6, 6.07) is 6.34. The van der Waals surface area contributed by atoms with Gasteiger partial charge in [-0.05, 0) is 18.2 Å². The number of rotatable bonds is 3. The molecule has 0 saturated heterocycles. The third kappa shape index (κ3) is 2.83. The fourth-order valence-corrected chi connectivity index (χ4v) is 2.89. The van der Waals surface area contributed by atoms with Gasteiger partial charge in [0.2, 0.25) is 0 Å². The first-order valence-corrected chi connectivity index (χ1v) is 7.40. The third-order valence-electron chi connectivity index (χ3n) is 3.46. The maximum atomic E-state index is 14.0. The highest BCUT2D eigenvalue weighted by molar-refractivity contribution is 6.38. The van der Waals surface area contributed by atoms with Crippen LogP contribution in [0.1, 0.15) is 5.56 Å². The van der Waals surface area contributed by atoms with E-state index < -0.39 is 22.0 Å². The molecule has 3 rings (SSSR count). The number of nitrogens with zero attached hydrogens (tertiary/aromatic N) is 3. The van der Waals surface area contributed by atoms with Crippen LogP contribution in [0.3, 0.4) is 0 Å². The highest BCUT2D eigenvalue weighted by Crippen LogP contribution is 2.25. The number of benzene rings is 2. The number of fused-ring (bicyclic) bond motifs is 1. The van der Waals surface area contributed by atoms with Crippen LogP contribution in [0, 0.1) is 15.9 Å². The molecule has 0 N–H and O–H groups in total. The minimum atomic E-state index is -0.777. The fourth-order valence-electron chi connectivity index (χ4n) is 2.35. The minimum Gasteiger partial charge on any atom is -0.294 e. The van der Waals surface area contributed by atoms with Gasteiger partial charge in [-0.25, -0.2) is 9.37 Å². The van der Waals surface area contributed by atoms with E-state index >= 15 is 0 Å². The number of aromatic nitrogens is 2. The van der Waals surface area contributed by atoms with E-state index in [4.69, 9.17) is 23.2 Å². The lowest BCUT2D eigenvalue weighted by Gasteiger charge is -2.09. The summed E-state index contributed by atoms with van der Waals surface area (Å²) >= 11 is 11.9. The van der Waals surface area contributed by atoms with Crippen molar-refractivity contribution < 1.29 is 9.31 Å². The Morgan fingerprint density at radius 1 is 1.29 bits per heavy atom. The van der Waals surface area contributed by atoms with Crippen LogP contribution in [0.15, 0.2) is 41.5 Å². The number of halogens is 3. The number of hydrogen-bond donors (Lipinski definition) is 0. The Kier molecular flexibility index (Phi) is 4.21. The first-order chi connectivity index (χ1) is 11.4. The Balaban J connectivity index is 2.18. The summed E-state index contributed by atoms with van der Waals surface area (Å²) in [6.45, 7) is -0.338. The van der Waals surface area contributed by atoms with Gasteiger partial charge in [-0.15, -0.1) is 0 Å². The molecule has 0 unspecified atom stereocenters. The molecule has 0 aliphatic rings. The van der Waals surface area contributed by atoms with Crippen LogP contribution >= 0.6 is 23.2 Å². The van der Waals surface area contributed by atoms with Crippen molar-refractivity contribution in [2.75, 3.05) is 0 Å². The summed E-state index contributed by atoms with van der Waals surface area (Å²) in [5.41, 5.74) is -0.891. The Bertz CT molecular complexity index is 1040. The molecule has 0 aliphatic heterocycles. The maximum absolute atomic E-state index is 14.0. The quantitative estimate of drug-likeness (QED) is 0.520. The van der Waals surface area contributed by atoms with Crippen LogP contribution in [-0.2, 0) is 6.54 Å². The molecule has 0 atom stereocenters. The maximum Gasteiger partial charge on any atom is 0.277 e. The molecule has 0 bridgehead atoms. The van der Waals surface area contributed by atoms with Gasteiger partial charge in [0.25, 0.3) is 11.2 Å². The van der Waals surface area contributed by atoms with E-state index in [9.17, 15) is 19.3 Å². The summed E-state index contributed by atoms with van der Waals surface area (Å²) in [7, 11) is 0. The molecule has 0 aliphatic carbocycles. The number of nitro groups is 1. The van der Waals surface area contributed by atoms with Crippen molar-refractivity contribution in [3.63, 3.8) is 0 Å². The topological polar surface area (TPSA) is 78.0 Å². The first kappa shape index (κ1) is 16.4. The molecule has 1 aromatic heterocycles. The van der Waals surface area contributed by atoms with Gasteiger partial charge in [-0.1, -0.05) is 29.3 Å². The van der Waals surface area contributed by atoms with Crippen LogP contribution in [0.2, 0.25) is 10.0 Å². The molecule has 0 saturated carbocycles. The third-order valence-corrected chi connectivity index (χ3v) is 3.97. The Morgan fingerprint density at radius 2 is 2.04 bits per heavy atom. The molecule has 122 valence electrons. The van der Waals surface area contributed by atoms with E-state index in [1.165, 1.54) is 30.6 Å². The van der Waals surface area contributed by atoms with Crippen molar-refractivity contribution in [2.45, 2.75) is 6.54 Å². The molecule has 0 radical (unpaired) electrons. The molecular weight excluding hydrogens is 360 g/mol. The van der Waals surface area contributed by atoms with Gasteiger partial charge in [0, 0.05) is 11.1 Å². The Hall–Kier alpha value is -2.51. The van der Waals surface area contributed by atoms with Gasteiger partial charge < -0.3 is 0 Å². The smallest absolute Gasteiger partial charge is 0.277 e. The lowest BCUT2D eigenvalue weighted by molar-refractivity contribution is -0.385. The lowest BCUT2D eigenvalue weighted by atomic mass is 10.1. The normalized spacial score (nSPS) is 11.0. The molecule has 0 fully saturated rings. The van der Waals surface area contributed by atoms with Crippen molar-refractivity contribution in [1.82, 2.24) is 9.55 Å². The van der Waals surface area contributed by atoms with Gasteiger partial charge in [-0.2, -0.15) is 0 Å². The molecule has 24 heavy (non-hydrogen) atoms. The predicted molar refractivity (Wildman–Crippen MR) is 88.2 cm³/mol. The summed E-state index contributed by atoms with van der Waals surface area (Å²) in [6.07, 6.45) is 1.17. The van der Waals surface area contributed by atoms with Crippen LogP contribution in [0.25, 0.3) is 10.9 Å². The van der Waals surface area contributed by atoms with Gasteiger partial charge in [0.15, 0.2) is 0 Å². The zero-order valence-electron chi connectivity index (χ0n) is 11.9. The van der Waals surface area contributed by atoms with Gasteiger partial charge in [0.1, 0.15) is 5.82 Å². The van der Waals surface area contributed by atoms with Crippen LogP contribution in [0.5, 0.6) is 0 Å². The number of hydrogen-bond acceptors (Lipinski definition) is 4. The summed E-state index contributed by atoms with van der Waals surface area (Å²) < 4.78 is 15.1. The largest absolute Gasteiger partial charge is 0.294 e. The monoisotopic (exact) mass is 367 g/mol. The van der Waals surface area contributed by atoms with E-state index in [1.54, 1.807) is 0 Å². The van der Waals surface area contributed by atoms with Crippen molar-refractivity contribution in [3.8, 4) is 0 Å². The van der Waals surface area contributed by atoms with Crippen LogP contribution in [0.4, 0.5) is 10.1 Å². The van der Waals surface area contributed by atoms with Gasteiger partial charge >= 0.3 is 0 Å². The van der Waals surface area contributed by atoms with Crippen molar-refractivity contribution >= 4 is 39.8 Å². The predicted octanol–water partition coefficient (Wildman–Crippen LogP) is 3.80.